The summed E-state index contributed by atoms with van der Waals surface area (Å²) >= 11 is 0. The highest BCUT2D eigenvalue weighted by atomic mass is 16.5. The van der Waals surface area contributed by atoms with Crippen LogP contribution < -0.4 is 4.74 Å². The summed E-state index contributed by atoms with van der Waals surface area (Å²) in [4.78, 5) is 4.65. The largest absolute Gasteiger partial charge is 0.490 e. The van der Waals surface area contributed by atoms with Crippen molar-refractivity contribution in [2.45, 2.75) is 59.0 Å². The van der Waals surface area contributed by atoms with Crippen LogP contribution in [0.4, 0.5) is 0 Å². The highest BCUT2D eigenvalue weighted by Gasteiger charge is 2.27. The minimum Gasteiger partial charge on any atom is -0.490 e. The smallest absolute Gasteiger partial charge is 0.120 e. The van der Waals surface area contributed by atoms with Crippen molar-refractivity contribution in [3.8, 4) is 5.75 Å². The first kappa shape index (κ1) is 14.4. The van der Waals surface area contributed by atoms with E-state index in [0.29, 0.717) is 11.5 Å². The fraction of sp³-hybridized carbons (Fsp3) is 0.526. The molecule has 21 heavy (non-hydrogen) atoms. The van der Waals surface area contributed by atoms with Gasteiger partial charge in [-0.1, -0.05) is 26.8 Å². The molecule has 2 nitrogen and oxygen atoms in total. The standard InChI is InChI=1S/C19H25NO/c1-4-15-6-5-14-13-17(7-8-18(14)20-15)21-16-9-11-19(2,3)12-10-16/h5-8,13,16H,4,9-12H2,1-3H3. The summed E-state index contributed by atoms with van der Waals surface area (Å²) in [6.07, 6.45) is 6.19. The molecule has 1 aromatic heterocycles. The van der Waals surface area contributed by atoms with Gasteiger partial charge in [0, 0.05) is 11.1 Å². The first-order chi connectivity index (χ1) is 10.1. The molecule has 112 valence electrons. The zero-order valence-corrected chi connectivity index (χ0v) is 13.4. The van der Waals surface area contributed by atoms with E-state index < -0.39 is 0 Å². The normalized spacial score (nSPS) is 18.8. The van der Waals surface area contributed by atoms with Crippen molar-refractivity contribution in [1.29, 1.82) is 0 Å². The monoisotopic (exact) mass is 283 g/mol. The third-order valence-electron chi connectivity index (χ3n) is 4.67. The zero-order chi connectivity index (χ0) is 14.9. The van der Waals surface area contributed by atoms with Crippen LogP contribution in [0.5, 0.6) is 5.75 Å². The molecule has 2 aromatic rings. The van der Waals surface area contributed by atoms with Gasteiger partial charge >= 0.3 is 0 Å². The average molecular weight is 283 g/mol. The van der Waals surface area contributed by atoms with E-state index >= 15 is 0 Å². The van der Waals surface area contributed by atoms with Gasteiger partial charge in [-0.25, -0.2) is 0 Å². The summed E-state index contributed by atoms with van der Waals surface area (Å²) in [5.41, 5.74) is 2.70. The first-order valence-corrected chi connectivity index (χ1v) is 8.12. The van der Waals surface area contributed by atoms with E-state index in [4.69, 9.17) is 4.74 Å². The summed E-state index contributed by atoms with van der Waals surface area (Å²) in [7, 11) is 0. The molecule has 0 atom stereocenters. The Morgan fingerprint density at radius 3 is 2.62 bits per heavy atom. The van der Waals surface area contributed by atoms with E-state index in [2.05, 4.69) is 56.1 Å². The second kappa shape index (κ2) is 5.67. The number of fused-ring (bicyclic) bond motifs is 1. The van der Waals surface area contributed by atoms with Crippen LogP contribution in [0.3, 0.4) is 0 Å². The molecule has 1 fully saturated rings. The molecule has 1 aliphatic rings. The van der Waals surface area contributed by atoms with Gasteiger partial charge in [-0.3, -0.25) is 4.98 Å². The number of aromatic nitrogens is 1. The molecule has 0 radical (unpaired) electrons. The number of rotatable bonds is 3. The second-order valence-corrected chi connectivity index (χ2v) is 6.99. The van der Waals surface area contributed by atoms with Crippen molar-refractivity contribution in [3.05, 3.63) is 36.0 Å². The molecule has 0 aliphatic heterocycles. The van der Waals surface area contributed by atoms with Crippen LogP contribution in [0.15, 0.2) is 30.3 Å². The van der Waals surface area contributed by atoms with Gasteiger partial charge in [0.25, 0.3) is 0 Å². The van der Waals surface area contributed by atoms with Gasteiger partial charge in [-0.05, 0) is 61.8 Å². The van der Waals surface area contributed by atoms with E-state index in [9.17, 15) is 0 Å². The molecular weight excluding hydrogens is 258 g/mol. The maximum absolute atomic E-state index is 6.19. The summed E-state index contributed by atoms with van der Waals surface area (Å²) in [5, 5.41) is 1.17. The van der Waals surface area contributed by atoms with Gasteiger partial charge in [-0.15, -0.1) is 0 Å². The fourth-order valence-corrected chi connectivity index (χ4v) is 3.10. The van der Waals surface area contributed by atoms with Crippen molar-refractivity contribution in [2.24, 2.45) is 5.41 Å². The first-order valence-electron chi connectivity index (χ1n) is 8.12. The topological polar surface area (TPSA) is 22.1 Å². The molecular formula is C19H25NO. The maximum atomic E-state index is 6.19. The summed E-state index contributed by atoms with van der Waals surface area (Å²) in [6, 6.07) is 10.5. The Morgan fingerprint density at radius 1 is 1.14 bits per heavy atom. The fourth-order valence-electron chi connectivity index (χ4n) is 3.10. The molecule has 0 spiro atoms. The molecule has 2 heteroatoms. The Kier molecular flexibility index (Phi) is 3.88. The second-order valence-electron chi connectivity index (χ2n) is 6.99. The van der Waals surface area contributed by atoms with Gasteiger partial charge < -0.3 is 4.74 Å². The summed E-state index contributed by atoms with van der Waals surface area (Å²) < 4.78 is 6.19. The van der Waals surface area contributed by atoms with Gasteiger partial charge in [-0.2, -0.15) is 0 Å². The number of benzene rings is 1. The predicted molar refractivity (Wildman–Crippen MR) is 87.8 cm³/mol. The van der Waals surface area contributed by atoms with Crippen molar-refractivity contribution < 1.29 is 4.74 Å². The van der Waals surface area contributed by atoms with Gasteiger partial charge in [0.1, 0.15) is 5.75 Å². The van der Waals surface area contributed by atoms with E-state index in [1.807, 2.05) is 0 Å². The molecule has 0 amide bonds. The number of aryl methyl sites for hydroxylation is 1. The molecule has 3 rings (SSSR count). The molecule has 0 N–H and O–H groups in total. The summed E-state index contributed by atoms with van der Waals surface area (Å²) in [6.45, 7) is 6.85. The number of nitrogens with zero attached hydrogens (tertiary/aromatic N) is 1. The Bertz CT molecular complexity index is 622. The molecule has 0 unspecified atom stereocenters. The predicted octanol–water partition coefficient (Wildman–Crippen LogP) is 5.14. The lowest BCUT2D eigenvalue weighted by Crippen LogP contribution is -2.28. The Labute approximate surface area is 127 Å². The van der Waals surface area contributed by atoms with Crippen LogP contribution in [-0.4, -0.2) is 11.1 Å². The molecule has 1 aromatic carbocycles. The number of ether oxygens (including phenoxy) is 1. The van der Waals surface area contributed by atoms with Crippen LogP contribution in [-0.2, 0) is 6.42 Å². The molecule has 1 aliphatic carbocycles. The molecule has 1 saturated carbocycles. The van der Waals surface area contributed by atoms with Crippen molar-refractivity contribution in [3.63, 3.8) is 0 Å². The summed E-state index contributed by atoms with van der Waals surface area (Å²) in [5.74, 6) is 0.984. The van der Waals surface area contributed by atoms with Crippen molar-refractivity contribution in [1.82, 2.24) is 4.98 Å². The van der Waals surface area contributed by atoms with Crippen molar-refractivity contribution >= 4 is 10.9 Å². The number of pyridine rings is 1. The van der Waals surface area contributed by atoms with E-state index in [-0.39, 0.29) is 0 Å². The number of hydrogen-bond donors (Lipinski definition) is 0. The van der Waals surface area contributed by atoms with Gasteiger partial charge in [0.15, 0.2) is 0 Å². The van der Waals surface area contributed by atoms with Crippen molar-refractivity contribution in [2.75, 3.05) is 0 Å². The SMILES string of the molecule is CCc1ccc2cc(OC3CCC(C)(C)CC3)ccc2n1. The quantitative estimate of drug-likeness (QED) is 0.777. The lowest BCUT2D eigenvalue weighted by Gasteiger charge is -2.34. The molecule has 0 saturated heterocycles. The Balaban J connectivity index is 1.73. The average Bonchev–Trinajstić information content (AvgIpc) is 2.49. The van der Waals surface area contributed by atoms with Crippen LogP contribution in [0.2, 0.25) is 0 Å². The van der Waals surface area contributed by atoms with E-state index in [1.165, 1.54) is 18.2 Å². The van der Waals surface area contributed by atoms with Crippen LogP contribution >= 0.6 is 0 Å². The van der Waals surface area contributed by atoms with E-state index in [0.717, 1.165) is 36.2 Å². The van der Waals surface area contributed by atoms with Gasteiger partial charge in [0.2, 0.25) is 0 Å². The maximum Gasteiger partial charge on any atom is 0.120 e. The lowest BCUT2D eigenvalue weighted by molar-refractivity contribution is 0.0989. The molecule has 1 heterocycles. The Morgan fingerprint density at radius 2 is 1.90 bits per heavy atom. The van der Waals surface area contributed by atoms with Crippen LogP contribution in [0.1, 0.15) is 52.1 Å². The molecule has 0 bridgehead atoms. The highest BCUT2D eigenvalue weighted by molar-refractivity contribution is 5.80. The minimum absolute atomic E-state index is 0.373. The van der Waals surface area contributed by atoms with Crippen LogP contribution in [0.25, 0.3) is 10.9 Å². The minimum atomic E-state index is 0.373. The number of hydrogen-bond acceptors (Lipinski definition) is 2. The highest BCUT2D eigenvalue weighted by Crippen LogP contribution is 2.36. The van der Waals surface area contributed by atoms with Gasteiger partial charge in [0.05, 0.1) is 11.6 Å². The third kappa shape index (κ3) is 3.37. The van der Waals surface area contributed by atoms with Crippen LogP contribution in [0, 0.1) is 5.41 Å². The van der Waals surface area contributed by atoms with E-state index in [1.54, 1.807) is 0 Å². The zero-order valence-electron chi connectivity index (χ0n) is 13.4. The Hall–Kier alpha value is -1.57. The third-order valence-corrected chi connectivity index (χ3v) is 4.67. The lowest BCUT2D eigenvalue weighted by atomic mass is 9.76.